The number of benzene rings is 1. The van der Waals surface area contributed by atoms with E-state index in [-0.39, 0.29) is 5.91 Å². The van der Waals surface area contributed by atoms with Crippen LogP contribution < -0.4 is 10.6 Å². The average molecular weight is 358 g/mol. The van der Waals surface area contributed by atoms with Crippen molar-refractivity contribution < 1.29 is 4.79 Å². The minimum Gasteiger partial charge on any atom is -0.399 e. The van der Waals surface area contributed by atoms with E-state index in [4.69, 9.17) is 5.73 Å². The summed E-state index contributed by atoms with van der Waals surface area (Å²) in [6.07, 6.45) is 0. The van der Waals surface area contributed by atoms with Crippen LogP contribution in [-0.2, 0) is 0 Å². The molecule has 0 aliphatic carbocycles. The molecule has 1 amide bonds. The van der Waals surface area contributed by atoms with E-state index in [1.807, 2.05) is 23.6 Å². The molecule has 0 bridgehead atoms. The lowest BCUT2D eigenvalue weighted by Crippen LogP contribution is -2.25. The summed E-state index contributed by atoms with van der Waals surface area (Å²) >= 11 is 3.77. The number of anilines is 2. The Kier molecular flexibility index (Phi) is 3.68. The first-order valence-corrected chi connectivity index (χ1v) is 6.91. The van der Waals surface area contributed by atoms with Gasteiger partial charge in [0.2, 0.25) is 0 Å². The van der Waals surface area contributed by atoms with Crippen molar-refractivity contribution in [3.05, 3.63) is 44.2 Å². The van der Waals surface area contributed by atoms with E-state index in [9.17, 15) is 4.79 Å². The van der Waals surface area contributed by atoms with Crippen LogP contribution in [0.15, 0.2) is 35.7 Å². The highest BCUT2D eigenvalue weighted by molar-refractivity contribution is 14.1. The van der Waals surface area contributed by atoms with Crippen molar-refractivity contribution in [3.63, 3.8) is 0 Å². The zero-order chi connectivity index (χ0) is 12.4. The van der Waals surface area contributed by atoms with Crippen molar-refractivity contribution in [2.75, 3.05) is 17.7 Å². The predicted molar refractivity (Wildman–Crippen MR) is 80.6 cm³/mol. The van der Waals surface area contributed by atoms with Crippen molar-refractivity contribution in [2.45, 2.75) is 0 Å². The van der Waals surface area contributed by atoms with Gasteiger partial charge in [0, 0.05) is 23.8 Å². The number of rotatable bonds is 2. The van der Waals surface area contributed by atoms with Crippen LogP contribution in [0.4, 0.5) is 11.4 Å². The van der Waals surface area contributed by atoms with Gasteiger partial charge in [-0.2, -0.15) is 0 Å². The summed E-state index contributed by atoms with van der Waals surface area (Å²) in [5.41, 5.74) is 7.87. The average Bonchev–Trinajstić information content (AvgIpc) is 2.75. The number of nitrogen functional groups attached to an aromatic ring is 1. The van der Waals surface area contributed by atoms with Crippen LogP contribution in [0.1, 0.15) is 10.4 Å². The number of nitrogens with two attached hydrogens (primary N) is 1. The summed E-state index contributed by atoms with van der Waals surface area (Å²) in [5, 5.41) is 1.87. The lowest BCUT2D eigenvalue weighted by Gasteiger charge is -2.16. The van der Waals surface area contributed by atoms with Crippen LogP contribution in [0.2, 0.25) is 0 Å². The van der Waals surface area contributed by atoms with Gasteiger partial charge in [-0.05, 0) is 52.9 Å². The Bertz CT molecular complexity index is 536. The van der Waals surface area contributed by atoms with Crippen LogP contribution in [0, 0.1) is 2.88 Å². The van der Waals surface area contributed by atoms with Crippen molar-refractivity contribution in [1.82, 2.24) is 0 Å². The summed E-state index contributed by atoms with van der Waals surface area (Å²) in [7, 11) is 1.76. The molecular weight excluding hydrogens is 347 g/mol. The van der Waals surface area contributed by atoms with Crippen molar-refractivity contribution in [2.24, 2.45) is 0 Å². The third-order valence-electron chi connectivity index (χ3n) is 2.40. The zero-order valence-electron chi connectivity index (χ0n) is 9.18. The maximum Gasteiger partial charge on any atom is 0.258 e. The Balaban J connectivity index is 2.23. The molecule has 0 unspecified atom stereocenters. The minimum absolute atomic E-state index is 0.00561. The van der Waals surface area contributed by atoms with E-state index in [1.165, 1.54) is 0 Å². The Hall–Kier alpha value is -1.08. The largest absolute Gasteiger partial charge is 0.399 e. The number of hydrogen-bond acceptors (Lipinski definition) is 3. The fraction of sp³-hybridized carbons (Fsp3) is 0.0833. The van der Waals surface area contributed by atoms with Gasteiger partial charge in [-0.15, -0.1) is 11.3 Å². The molecule has 0 aliphatic rings. The molecule has 0 saturated heterocycles. The van der Waals surface area contributed by atoms with E-state index in [0.29, 0.717) is 5.69 Å². The van der Waals surface area contributed by atoms with Crippen molar-refractivity contribution >= 4 is 51.2 Å². The summed E-state index contributed by atoms with van der Waals surface area (Å²) in [5.74, 6) is -0.00561. The first-order valence-electron chi connectivity index (χ1n) is 4.95. The molecule has 1 aromatic carbocycles. The number of amides is 1. The Morgan fingerprint density at radius 2 is 2.00 bits per heavy atom. The third-order valence-corrected chi connectivity index (χ3v) is 4.19. The van der Waals surface area contributed by atoms with Gasteiger partial charge in [0.05, 0.1) is 8.45 Å². The molecule has 5 heteroatoms. The fourth-order valence-electron chi connectivity index (χ4n) is 1.43. The standard InChI is InChI=1S/C12H11IN2OS/c1-15(10-4-2-9(14)3-5-10)12(16)8-6-11(13)17-7-8/h2-7H,14H2,1H3. The molecule has 2 rings (SSSR count). The van der Waals surface area contributed by atoms with Gasteiger partial charge >= 0.3 is 0 Å². The quantitative estimate of drug-likeness (QED) is 0.662. The maximum atomic E-state index is 12.1. The molecule has 3 nitrogen and oxygen atoms in total. The van der Waals surface area contributed by atoms with Crippen LogP contribution in [-0.4, -0.2) is 13.0 Å². The van der Waals surface area contributed by atoms with E-state index in [0.717, 1.165) is 14.1 Å². The minimum atomic E-state index is -0.00561. The molecule has 0 fully saturated rings. The number of thiophene rings is 1. The monoisotopic (exact) mass is 358 g/mol. The molecule has 0 spiro atoms. The topological polar surface area (TPSA) is 46.3 Å². The van der Waals surface area contributed by atoms with E-state index < -0.39 is 0 Å². The highest BCUT2D eigenvalue weighted by Crippen LogP contribution is 2.21. The summed E-state index contributed by atoms with van der Waals surface area (Å²) < 4.78 is 1.11. The van der Waals surface area contributed by atoms with Gasteiger partial charge in [-0.1, -0.05) is 0 Å². The van der Waals surface area contributed by atoms with Crippen molar-refractivity contribution in [3.8, 4) is 0 Å². The van der Waals surface area contributed by atoms with Gasteiger partial charge in [0.1, 0.15) is 0 Å². The highest BCUT2D eigenvalue weighted by Gasteiger charge is 2.14. The molecule has 2 N–H and O–H groups in total. The summed E-state index contributed by atoms with van der Waals surface area (Å²) in [6, 6.07) is 9.14. The SMILES string of the molecule is CN(C(=O)c1csc(I)c1)c1ccc(N)cc1. The van der Waals surface area contributed by atoms with Gasteiger partial charge < -0.3 is 10.6 Å². The maximum absolute atomic E-state index is 12.1. The first-order chi connectivity index (χ1) is 8.08. The Labute approximate surface area is 117 Å². The molecule has 0 radical (unpaired) electrons. The van der Waals surface area contributed by atoms with Crippen LogP contribution in [0.3, 0.4) is 0 Å². The Morgan fingerprint density at radius 3 is 2.53 bits per heavy atom. The Morgan fingerprint density at radius 1 is 1.35 bits per heavy atom. The summed E-state index contributed by atoms with van der Waals surface area (Å²) in [4.78, 5) is 13.8. The number of nitrogens with zero attached hydrogens (tertiary/aromatic N) is 1. The van der Waals surface area contributed by atoms with E-state index in [1.54, 1.807) is 35.4 Å². The lowest BCUT2D eigenvalue weighted by molar-refractivity contribution is 0.0993. The van der Waals surface area contributed by atoms with Gasteiger partial charge in [-0.3, -0.25) is 4.79 Å². The second-order valence-corrected chi connectivity index (χ2v) is 6.40. The normalized spacial score (nSPS) is 10.2. The molecule has 1 aromatic heterocycles. The van der Waals surface area contributed by atoms with Gasteiger partial charge in [0.15, 0.2) is 0 Å². The van der Waals surface area contributed by atoms with Crippen LogP contribution >= 0.6 is 33.9 Å². The smallest absolute Gasteiger partial charge is 0.258 e. The molecule has 2 aromatic rings. The molecule has 0 aliphatic heterocycles. The number of hydrogen-bond donors (Lipinski definition) is 1. The molecular formula is C12H11IN2OS. The van der Waals surface area contributed by atoms with E-state index >= 15 is 0 Å². The zero-order valence-corrected chi connectivity index (χ0v) is 12.2. The molecule has 88 valence electrons. The number of carbonyl (C=O) groups excluding carboxylic acids is 1. The first kappa shape index (κ1) is 12.4. The van der Waals surface area contributed by atoms with Crippen LogP contribution in [0.5, 0.6) is 0 Å². The molecule has 0 atom stereocenters. The van der Waals surface area contributed by atoms with Crippen molar-refractivity contribution in [1.29, 1.82) is 0 Å². The molecule has 1 heterocycles. The highest BCUT2D eigenvalue weighted by atomic mass is 127. The predicted octanol–water partition coefficient (Wildman–Crippen LogP) is 3.21. The van der Waals surface area contributed by atoms with Gasteiger partial charge in [0.25, 0.3) is 5.91 Å². The molecule has 0 saturated carbocycles. The van der Waals surface area contributed by atoms with Gasteiger partial charge in [-0.25, -0.2) is 0 Å². The summed E-state index contributed by atoms with van der Waals surface area (Å²) in [6.45, 7) is 0. The fourth-order valence-corrected chi connectivity index (χ4v) is 2.75. The molecule has 17 heavy (non-hydrogen) atoms. The van der Waals surface area contributed by atoms with E-state index in [2.05, 4.69) is 22.6 Å². The third kappa shape index (κ3) is 2.78. The number of carbonyl (C=O) groups is 1. The lowest BCUT2D eigenvalue weighted by atomic mass is 10.2. The van der Waals surface area contributed by atoms with Crippen LogP contribution in [0.25, 0.3) is 0 Å². The second-order valence-electron chi connectivity index (χ2n) is 3.60. The second kappa shape index (κ2) is 5.05. The number of halogens is 1.